The molecule has 1 aliphatic rings. The molecule has 1 fully saturated rings. The number of benzene rings is 1. The first-order chi connectivity index (χ1) is 9.40. The van der Waals surface area contributed by atoms with E-state index in [9.17, 15) is 8.42 Å². The Morgan fingerprint density at radius 3 is 2.67 bits per heavy atom. The molecule has 7 heteroatoms. The number of halogens is 2. The van der Waals surface area contributed by atoms with Gasteiger partial charge in [0.1, 0.15) is 4.90 Å². The highest BCUT2D eigenvalue weighted by Crippen LogP contribution is 2.26. The van der Waals surface area contributed by atoms with Gasteiger partial charge in [-0.3, -0.25) is 0 Å². The van der Waals surface area contributed by atoms with Crippen molar-refractivity contribution in [2.75, 3.05) is 13.1 Å². The van der Waals surface area contributed by atoms with Crippen molar-refractivity contribution < 1.29 is 8.42 Å². The Morgan fingerprint density at radius 1 is 1.38 bits per heavy atom. The number of sulfonamides is 1. The van der Waals surface area contributed by atoms with Crippen LogP contribution in [0.2, 0.25) is 5.02 Å². The first-order valence-electron chi connectivity index (χ1n) is 6.92. The molecule has 0 saturated carbocycles. The smallest absolute Gasteiger partial charge is 0.242 e. The van der Waals surface area contributed by atoms with Crippen LogP contribution in [0.15, 0.2) is 23.1 Å². The molecule has 120 valence electrons. The van der Waals surface area contributed by atoms with Crippen LogP contribution < -0.4 is 10.0 Å². The van der Waals surface area contributed by atoms with Crippen LogP contribution in [0.3, 0.4) is 0 Å². The zero-order valence-electron chi connectivity index (χ0n) is 12.2. The fraction of sp³-hybridized carbons (Fsp3) is 0.571. The third-order valence-electron chi connectivity index (χ3n) is 3.53. The van der Waals surface area contributed by atoms with Crippen LogP contribution in [0.5, 0.6) is 0 Å². The van der Waals surface area contributed by atoms with Crippen molar-refractivity contribution in [1.82, 2.24) is 10.0 Å². The van der Waals surface area contributed by atoms with Crippen LogP contribution >= 0.6 is 24.0 Å². The summed E-state index contributed by atoms with van der Waals surface area (Å²) in [6.45, 7) is 5.67. The molecule has 0 spiro atoms. The maximum Gasteiger partial charge on any atom is 0.242 e. The SMILES string of the molecule is CC(C)c1ccc(Cl)c(S(=O)(=O)N[C@H]2CCCNC2)c1.Cl. The molecule has 0 unspecified atom stereocenters. The highest BCUT2D eigenvalue weighted by Gasteiger charge is 2.24. The Bertz CT molecular complexity index is 570. The molecule has 0 aromatic heterocycles. The third-order valence-corrected chi connectivity index (χ3v) is 5.53. The molecule has 2 rings (SSSR count). The van der Waals surface area contributed by atoms with E-state index in [1.165, 1.54) is 0 Å². The van der Waals surface area contributed by atoms with Crippen molar-refractivity contribution in [3.05, 3.63) is 28.8 Å². The average molecular weight is 353 g/mol. The van der Waals surface area contributed by atoms with Gasteiger partial charge in [0.15, 0.2) is 0 Å². The standard InChI is InChI=1S/C14H21ClN2O2S.ClH/c1-10(2)11-5-6-13(15)14(8-11)20(18,19)17-12-4-3-7-16-9-12;/h5-6,8,10,12,16-17H,3-4,7,9H2,1-2H3;1H/t12-;/m0./s1. The second kappa shape index (κ2) is 7.79. The lowest BCUT2D eigenvalue weighted by Crippen LogP contribution is -2.45. The lowest BCUT2D eigenvalue weighted by molar-refractivity contribution is 0.428. The summed E-state index contributed by atoms with van der Waals surface area (Å²) >= 11 is 6.07. The maximum absolute atomic E-state index is 12.5. The quantitative estimate of drug-likeness (QED) is 0.875. The highest BCUT2D eigenvalue weighted by atomic mass is 35.5. The average Bonchev–Trinajstić information content (AvgIpc) is 2.39. The van der Waals surface area contributed by atoms with Crippen molar-refractivity contribution in [1.29, 1.82) is 0 Å². The summed E-state index contributed by atoms with van der Waals surface area (Å²) in [5.74, 6) is 0.262. The molecular weight excluding hydrogens is 331 g/mol. The molecule has 21 heavy (non-hydrogen) atoms. The summed E-state index contributed by atoms with van der Waals surface area (Å²) in [7, 11) is -3.57. The van der Waals surface area contributed by atoms with Crippen LogP contribution in [0.25, 0.3) is 0 Å². The predicted octanol–water partition coefficient (Wildman–Crippen LogP) is 2.92. The Morgan fingerprint density at radius 2 is 2.10 bits per heavy atom. The molecule has 1 aliphatic heterocycles. The zero-order chi connectivity index (χ0) is 14.8. The third kappa shape index (κ3) is 4.83. The predicted molar refractivity (Wildman–Crippen MR) is 89.0 cm³/mol. The normalized spacial score (nSPS) is 19.3. The summed E-state index contributed by atoms with van der Waals surface area (Å²) in [4.78, 5) is 0.177. The van der Waals surface area contributed by atoms with Gasteiger partial charge in [0.2, 0.25) is 10.0 Å². The first kappa shape index (κ1) is 18.7. The number of hydrogen-bond donors (Lipinski definition) is 2. The molecule has 0 aliphatic carbocycles. The largest absolute Gasteiger partial charge is 0.315 e. The van der Waals surface area contributed by atoms with Gasteiger partial charge >= 0.3 is 0 Å². The van der Waals surface area contributed by atoms with Gasteiger partial charge in [0, 0.05) is 12.6 Å². The van der Waals surface area contributed by atoms with E-state index in [-0.39, 0.29) is 34.3 Å². The van der Waals surface area contributed by atoms with Gasteiger partial charge in [-0.05, 0) is 43.0 Å². The lowest BCUT2D eigenvalue weighted by Gasteiger charge is -2.24. The summed E-state index contributed by atoms with van der Waals surface area (Å²) < 4.78 is 27.7. The topological polar surface area (TPSA) is 58.2 Å². The summed E-state index contributed by atoms with van der Waals surface area (Å²) in [6.07, 6.45) is 1.83. The van der Waals surface area contributed by atoms with E-state index in [2.05, 4.69) is 10.0 Å². The second-order valence-electron chi connectivity index (χ2n) is 5.51. The van der Waals surface area contributed by atoms with E-state index in [1.54, 1.807) is 12.1 Å². The van der Waals surface area contributed by atoms with Crippen molar-refractivity contribution in [3.8, 4) is 0 Å². The lowest BCUT2D eigenvalue weighted by atomic mass is 10.0. The van der Waals surface area contributed by atoms with E-state index < -0.39 is 10.0 Å². The molecule has 1 aromatic carbocycles. The molecule has 0 bridgehead atoms. The van der Waals surface area contributed by atoms with Crippen molar-refractivity contribution in [3.63, 3.8) is 0 Å². The molecule has 0 amide bonds. The van der Waals surface area contributed by atoms with Gasteiger partial charge in [-0.15, -0.1) is 12.4 Å². The van der Waals surface area contributed by atoms with Crippen LogP contribution in [0.4, 0.5) is 0 Å². The van der Waals surface area contributed by atoms with Crippen LogP contribution in [0.1, 0.15) is 38.2 Å². The van der Waals surface area contributed by atoms with Crippen LogP contribution in [-0.4, -0.2) is 27.5 Å². The van der Waals surface area contributed by atoms with E-state index in [0.717, 1.165) is 24.9 Å². The van der Waals surface area contributed by atoms with Crippen LogP contribution in [0, 0.1) is 0 Å². The van der Waals surface area contributed by atoms with Gasteiger partial charge in [-0.25, -0.2) is 13.1 Å². The number of nitrogens with one attached hydrogen (secondary N) is 2. The molecule has 0 radical (unpaired) electrons. The van der Waals surface area contributed by atoms with Crippen molar-refractivity contribution >= 4 is 34.0 Å². The zero-order valence-corrected chi connectivity index (χ0v) is 14.6. The fourth-order valence-corrected chi connectivity index (χ4v) is 4.13. The number of rotatable bonds is 4. The number of hydrogen-bond acceptors (Lipinski definition) is 3. The van der Waals surface area contributed by atoms with Gasteiger partial charge in [-0.2, -0.15) is 0 Å². The van der Waals surface area contributed by atoms with Crippen molar-refractivity contribution in [2.24, 2.45) is 0 Å². The van der Waals surface area contributed by atoms with Crippen molar-refractivity contribution in [2.45, 2.75) is 43.5 Å². The molecule has 2 N–H and O–H groups in total. The Hall–Kier alpha value is -0.330. The van der Waals surface area contributed by atoms with Gasteiger partial charge < -0.3 is 5.32 Å². The Balaban J connectivity index is 0.00000220. The second-order valence-corrected chi connectivity index (χ2v) is 7.60. The highest BCUT2D eigenvalue weighted by molar-refractivity contribution is 7.89. The minimum absolute atomic E-state index is 0. The minimum Gasteiger partial charge on any atom is -0.315 e. The van der Waals surface area contributed by atoms with E-state index in [4.69, 9.17) is 11.6 Å². The molecule has 1 atom stereocenters. The Labute approximate surface area is 138 Å². The van der Waals surface area contributed by atoms with Gasteiger partial charge in [-0.1, -0.05) is 31.5 Å². The van der Waals surface area contributed by atoms with E-state index in [0.29, 0.717) is 6.54 Å². The molecule has 1 aromatic rings. The Kier molecular flexibility index (Phi) is 6.94. The summed E-state index contributed by atoms with van der Waals surface area (Å²) in [5, 5.41) is 3.46. The van der Waals surface area contributed by atoms with E-state index in [1.807, 2.05) is 19.9 Å². The van der Waals surface area contributed by atoms with E-state index >= 15 is 0 Å². The summed E-state index contributed by atoms with van der Waals surface area (Å²) in [5.41, 5.74) is 0.969. The van der Waals surface area contributed by atoms with Gasteiger partial charge in [0.05, 0.1) is 5.02 Å². The molecular formula is C14H22Cl2N2O2S. The molecule has 1 saturated heterocycles. The fourth-order valence-electron chi connectivity index (χ4n) is 2.32. The monoisotopic (exact) mass is 352 g/mol. The number of piperidine rings is 1. The molecule has 4 nitrogen and oxygen atoms in total. The molecule has 1 heterocycles. The maximum atomic E-state index is 12.5. The van der Waals surface area contributed by atoms with Gasteiger partial charge in [0.25, 0.3) is 0 Å². The summed E-state index contributed by atoms with van der Waals surface area (Å²) in [6, 6.07) is 5.14. The van der Waals surface area contributed by atoms with Crippen LogP contribution in [-0.2, 0) is 10.0 Å². The minimum atomic E-state index is -3.57. The first-order valence-corrected chi connectivity index (χ1v) is 8.79.